The van der Waals surface area contributed by atoms with Crippen LogP contribution in [-0.2, 0) is 4.74 Å². The summed E-state index contributed by atoms with van der Waals surface area (Å²) in [5.74, 6) is 1.44. The summed E-state index contributed by atoms with van der Waals surface area (Å²) in [6, 6.07) is 9.35. The number of rotatable bonds is 7. The van der Waals surface area contributed by atoms with Crippen LogP contribution in [0.5, 0.6) is 11.5 Å². The number of aromatic hydroxyl groups is 1. The molecule has 0 bridgehead atoms. The van der Waals surface area contributed by atoms with Crippen LogP contribution in [0.25, 0.3) is 0 Å². The van der Waals surface area contributed by atoms with Crippen LogP contribution in [-0.4, -0.2) is 59.7 Å². The number of phenolic OH excluding ortho intramolecular Hbond substituents is 1. The molecule has 10 nitrogen and oxygen atoms in total. The molecule has 34 heavy (non-hydrogen) atoms. The lowest BCUT2D eigenvalue weighted by atomic mass is 10.2. The zero-order valence-electron chi connectivity index (χ0n) is 18.5. The molecule has 0 unspecified atom stereocenters. The highest BCUT2D eigenvalue weighted by Gasteiger charge is 2.17. The first-order chi connectivity index (χ1) is 16.4. The summed E-state index contributed by atoms with van der Waals surface area (Å²) in [6.07, 6.45) is 1.46. The summed E-state index contributed by atoms with van der Waals surface area (Å²) in [7, 11) is 1.49. The summed E-state index contributed by atoms with van der Waals surface area (Å²) in [5.41, 5.74) is 5.25. The van der Waals surface area contributed by atoms with Gasteiger partial charge in [0.1, 0.15) is 0 Å². The molecular weight excluding hydrogens is 570 g/mol. The fraction of sp³-hybridized carbons (Fsp3) is 0.273. The second-order valence-corrected chi connectivity index (χ2v) is 9.18. The number of methoxy groups -OCH3 is 1. The number of halogens is 2. The van der Waals surface area contributed by atoms with E-state index in [9.17, 15) is 5.11 Å². The van der Waals surface area contributed by atoms with Crippen molar-refractivity contribution in [1.82, 2.24) is 15.0 Å². The molecule has 4 rings (SSSR count). The van der Waals surface area contributed by atoms with E-state index in [1.165, 1.54) is 13.3 Å². The third-order valence-corrected chi connectivity index (χ3v) is 6.06. The molecule has 1 saturated heterocycles. The van der Waals surface area contributed by atoms with Crippen molar-refractivity contribution in [3.63, 3.8) is 0 Å². The van der Waals surface area contributed by atoms with Crippen LogP contribution < -0.4 is 20.4 Å². The number of nitrogens with zero attached hydrogens (tertiary/aromatic N) is 5. The average molecular weight is 593 g/mol. The van der Waals surface area contributed by atoms with E-state index in [4.69, 9.17) is 9.47 Å². The zero-order valence-corrected chi connectivity index (χ0v) is 21.7. The van der Waals surface area contributed by atoms with E-state index in [0.717, 1.165) is 20.2 Å². The second-order valence-electron chi connectivity index (χ2n) is 7.41. The molecule has 2 aromatic carbocycles. The number of ether oxygens (including phenoxy) is 2. The molecule has 0 radical (unpaired) electrons. The van der Waals surface area contributed by atoms with Crippen molar-refractivity contribution in [1.29, 1.82) is 0 Å². The molecule has 1 fully saturated rings. The van der Waals surface area contributed by atoms with Crippen LogP contribution in [0.4, 0.5) is 23.5 Å². The number of hydrogen-bond acceptors (Lipinski definition) is 10. The van der Waals surface area contributed by atoms with Gasteiger partial charge in [-0.25, -0.2) is 5.43 Å². The maximum Gasteiger partial charge on any atom is 0.250 e. The lowest BCUT2D eigenvalue weighted by Gasteiger charge is -2.27. The van der Waals surface area contributed by atoms with Crippen molar-refractivity contribution in [2.75, 3.05) is 49.1 Å². The summed E-state index contributed by atoms with van der Waals surface area (Å²) in [5, 5.41) is 17.8. The Bertz CT molecular complexity index is 1200. The molecule has 1 aromatic heterocycles. The molecule has 3 N–H and O–H groups in total. The zero-order chi connectivity index (χ0) is 24.1. The summed E-state index contributed by atoms with van der Waals surface area (Å²) in [4.78, 5) is 15.6. The average Bonchev–Trinajstić information content (AvgIpc) is 2.83. The minimum atomic E-state index is -0.0209. The van der Waals surface area contributed by atoms with Gasteiger partial charge in [-0.15, -0.1) is 0 Å². The molecule has 0 spiro atoms. The molecule has 3 aromatic rings. The van der Waals surface area contributed by atoms with E-state index in [1.807, 2.05) is 30.0 Å². The van der Waals surface area contributed by atoms with Crippen LogP contribution >= 0.6 is 31.9 Å². The highest BCUT2D eigenvalue weighted by Crippen LogP contribution is 2.32. The standard InChI is InChI=1S/C22H23Br2N7O3/c1-13-3-4-17(16(24)9-13)26-20-27-21(29-22(28-20)31-5-7-34-8-6-31)30-25-12-14-10-15(23)11-18(33-2)19(14)32/h3-4,9-12,32H,5-8H2,1-2H3,(H2,26,27,28,29,30)/b25-12-. The number of aryl methyl sites for hydroxylation is 1. The summed E-state index contributed by atoms with van der Waals surface area (Å²) < 4.78 is 12.3. The number of hydrazone groups is 1. The summed E-state index contributed by atoms with van der Waals surface area (Å²) >= 11 is 6.97. The van der Waals surface area contributed by atoms with Gasteiger partial charge < -0.3 is 24.8 Å². The fourth-order valence-corrected chi connectivity index (χ4v) is 4.27. The number of nitrogens with one attached hydrogen (secondary N) is 2. The largest absolute Gasteiger partial charge is 0.504 e. The van der Waals surface area contributed by atoms with E-state index in [-0.39, 0.29) is 11.7 Å². The SMILES string of the molecule is COc1cc(Br)cc(/C=N\Nc2nc(Nc3ccc(C)cc3Br)nc(N3CCOCC3)n2)c1O. The first-order valence-electron chi connectivity index (χ1n) is 10.4. The predicted molar refractivity (Wildman–Crippen MR) is 139 cm³/mol. The lowest BCUT2D eigenvalue weighted by Crippen LogP contribution is -2.37. The molecular formula is C22H23Br2N7O3. The Morgan fingerprint density at radius 1 is 1.12 bits per heavy atom. The van der Waals surface area contributed by atoms with E-state index in [2.05, 4.69) is 62.7 Å². The molecule has 0 aliphatic carbocycles. The van der Waals surface area contributed by atoms with Crippen molar-refractivity contribution in [2.45, 2.75) is 6.92 Å². The fourth-order valence-electron chi connectivity index (χ4n) is 3.23. The molecule has 12 heteroatoms. The number of aromatic nitrogens is 3. The number of benzene rings is 2. The Morgan fingerprint density at radius 2 is 1.88 bits per heavy atom. The Kier molecular flexibility index (Phi) is 7.80. The topological polar surface area (TPSA) is 117 Å². The highest BCUT2D eigenvalue weighted by atomic mass is 79.9. The van der Waals surface area contributed by atoms with Gasteiger partial charge in [0.05, 0.1) is 32.2 Å². The Balaban J connectivity index is 1.61. The molecule has 0 amide bonds. The normalized spacial score (nSPS) is 13.8. The Morgan fingerprint density at radius 3 is 2.62 bits per heavy atom. The van der Waals surface area contributed by atoms with E-state index in [0.29, 0.717) is 49.5 Å². The monoisotopic (exact) mass is 591 g/mol. The van der Waals surface area contributed by atoms with Gasteiger partial charge >= 0.3 is 0 Å². The van der Waals surface area contributed by atoms with Crippen LogP contribution in [0.2, 0.25) is 0 Å². The molecule has 2 heterocycles. The predicted octanol–water partition coefficient (Wildman–Crippen LogP) is 4.45. The van der Waals surface area contributed by atoms with Crippen molar-refractivity contribution in [3.05, 3.63) is 50.4 Å². The number of anilines is 4. The van der Waals surface area contributed by atoms with E-state index >= 15 is 0 Å². The van der Waals surface area contributed by atoms with Crippen LogP contribution in [0.3, 0.4) is 0 Å². The Labute approximate surface area is 213 Å². The summed E-state index contributed by atoms with van der Waals surface area (Å²) in [6.45, 7) is 4.57. The quantitative estimate of drug-likeness (QED) is 0.270. The van der Waals surface area contributed by atoms with Gasteiger partial charge in [-0.1, -0.05) is 22.0 Å². The third-order valence-electron chi connectivity index (χ3n) is 4.95. The molecule has 0 saturated carbocycles. The second kappa shape index (κ2) is 11.0. The molecule has 178 valence electrons. The highest BCUT2D eigenvalue weighted by molar-refractivity contribution is 9.10. The third kappa shape index (κ3) is 5.93. The van der Waals surface area contributed by atoms with Crippen molar-refractivity contribution < 1.29 is 14.6 Å². The molecule has 1 aliphatic heterocycles. The van der Waals surface area contributed by atoms with Gasteiger partial charge in [-0.3, -0.25) is 0 Å². The molecule has 0 atom stereocenters. The van der Waals surface area contributed by atoms with Gasteiger partial charge in [-0.05, 0) is 52.7 Å². The smallest absolute Gasteiger partial charge is 0.250 e. The van der Waals surface area contributed by atoms with Gasteiger partial charge in [0.25, 0.3) is 0 Å². The van der Waals surface area contributed by atoms with Gasteiger partial charge in [0.2, 0.25) is 17.8 Å². The van der Waals surface area contributed by atoms with Gasteiger partial charge in [-0.2, -0.15) is 20.1 Å². The maximum atomic E-state index is 10.3. The molecule has 1 aliphatic rings. The number of morpholine rings is 1. The van der Waals surface area contributed by atoms with Crippen LogP contribution in [0.1, 0.15) is 11.1 Å². The first-order valence-corrected chi connectivity index (χ1v) is 12.0. The van der Waals surface area contributed by atoms with Crippen molar-refractivity contribution in [3.8, 4) is 11.5 Å². The van der Waals surface area contributed by atoms with Crippen LogP contribution in [0.15, 0.2) is 44.4 Å². The minimum Gasteiger partial charge on any atom is -0.504 e. The number of hydrogen-bond donors (Lipinski definition) is 3. The van der Waals surface area contributed by atoms with Gasteiger partial charge in [0, 0.05) is 27.6 Å². The van der Waals surface area contributed by atoms with Crippen molar-refractivity contribution >= 4 is 61.6 Å². The first kappa shape index (κ1) is 24.2. The van der Waals surface area contributed by atoms with Crippen molar-refractivity contribution in [2.24, 2.45) is 5.10 Å². The Hall–Kier alpha value is -2.96. The van der Waals surface area contributed by atoms with E-state index in [1.54, 1.807) is 12.1 Å². The van der Waals surface area contributed by atoms with Gasteiger partial charge in [0.15, 0.2) is 11.5 Å². The lowest BCUT2D eigenvalue weighted by molar-refractivity contribution is 0.122. The van der Waals surface area contributed by atoms with Crippen LogP contribution in [0, 0.1) is 6.92 Å². The van der Waals surface area contributed by atoms with E-state index < -0.39 is 0 Å². The minimum absolute atomic E-state index is 0.0209. The maximum absolute atomic E-state index is 10.3. The number of phenols is 1.